The van der Waals surface area contributed by atoms with Crippen molar-refractivity contribution in [1.29, 1.82) is 0 Å². The average Bonchev–Trinajstić information content (AvgIpc) is 3.51. The zero-order valence-electron chi connectivity index (χ0n) is 58.5. The molecule has 0 aromatic heterocycles. The van der Waals surface area contributed by atoms with Crippen molar-refractivity contribution in [2.24, 2.45) is 0 Å². The van der Waals surface area contributed by atoms with Gasteiger partial charge in [0.25, 0.3) is 0 Å². The van der Waals surface area contributed by atoms with Crippen LogP contribution < -0.4 is 5.32 Å². The van der Waals surface area contributed by atoms with E-state index in [1.165, 1.54) is 437 Å². The van der Waals surface area contributed by atoms with Gasteiger partial charge >= 0.3 is 0 Å². The second kappa shape index (κ2) is 76.6. The first-order valence-electron chi connectivity index (χ1n) is 40.2. The van der Waals surface area contributed by atoms with Crippen LogP contribution in [0, 0.1) is 0 Å². The molecular formula is C80H161NO3. The molecule has 0 aliphatic rings. The van der Waals surface area contributed by atoms with Crippen LogP contribution in [0.25, 0.3) is 0 Å². The van der Waals surface area contributed by atoms with Gasteiger partial charge in [-0.05, 0) is 12.8 Å². The first-order valence-corrected chi connectivity index (χ1v) is 40.2. The molecule has 0 aliphatic heterocycles. The van der Waals surface area contributed by atoms with Crippen molar-refractivity contribution < 1.29 is 15.0 Å². The Labute approximate surface area is 531 Å². The maximum Gasteiger partial charge on any atom is 0.220 e. The lowest BCUT2D eigenvalue weighted by atomic mass is 10.0. The number of carbonyl (C=O) groups is 1. The van der Waals surface area contributed by atoms with Crippen LogP contribution in [-0.4, -0.2) is 34.9 Å². The van der Waals surface area contributed by atoms with Crippen molar-refractivity contribution in [3.8, 4) is 0 Å². The predicted molar refractivity (Wildman–Crippen MR) is 378 cm³/mol. The summed E-state index contributed by atoms with van der Waals surface area (Å²) in [5.74, 6) is -0.0178. The molecular weight excluding hydrogens is 1020 g/mol. The summed E-state index contributed by atoms with van der Waals surface area (Å²) in [6.45, 7) is 4.43. The second-order valence-corrected chi connectivity index (χ2v) is 28.2. The maximum absolute atomic E-state index is 12.6. The Morgan fingerprint density at radius 2 is 0.381 bits per heavy atom. The minimum absolute atomic E-state index is 0.0178. The third-order valence-electron chi connectivity index (χ3n) is 19.6. The van der Waals surface area contributed by atoms with Gasteiger partial charge in [0, 0.05) is 6.42 Å². The van der Waals surface area contributed by atoms with E-state index in [2.05, 4.69) is 19.2 Å². The van der Waals surface area contributed by atoms with E-state index in [1.54, 1.807) is 0 Å². The summed E-state index contributed by atoms with van der Waals surface area (Å²) >= 11 is 0. The Hall–Kier alpha value is -0.610. The molecule has 504 valence electrons. The van der Waals surface area contributed by atoms with Crippen LogP contribution in [0.3, 0.4) is 0 Å². The molecule has 0 saturated heterocycles. The van der Waals surface area contributed by atoms with Crippen molar-refractivity contribution in [2.45, 2.75) is 501 Å². The van der Waals surface area contributed by atoms with Crippen LogP contribution in [-0.2, 0) is 4.79 Å². The number of hydrogen-bond acceptors (Lipinski definition) is 3. The predicted octanol–water partition coefficient (Wildman–Crippen LogP) is 27.7. The Kier molecular flexibility index (Phi) is 76.1. The molecule has 0 bridgehead atoms. The minimum Gasteiger partial charge on any atom is -0.394 e. The van der Waals surface area contributed by atoms with E-state index in [0.29, 0.717) is 12.8 Å². The smallest absolute Gasteiger partial charge is 0.220 e. The SMILES string of the molecule is CCCCCCCCCCCCCCCCCCCCCCCCCCCCCCCCCCCCCCCCCCCC(=O)NC(CO)C(O)CCCCCCCCCCCCCCCCCCCCCCCCCCCCCCCCC. The molecule has 0 radical (unpaired) electrons. The monoisotopic (exact) mass is 1180 g/mol. The van der Waals surface area contributed by atoms with E-state index in [1.807, 2.05) is 0 Å². The van der Waals surface area contributed by atoms with Gasteiger partial charge in [0.05, 0.1) is 18.8 Å². The van der Waals surface area contributed by atoms with Gasteiger partial charge in [-0.15, -0.1) is 0 Å². The summed E-state index contributed by atoms with van der Waals surface area (Å²) in [6.07, 6.45) is 102. The second-order valence-electron chi connectivity index (χ2n) is 28.2. The number of aliphatic hydroxyl groups is 2. The third-order valence-corrected chi connectivity index (χ3v) is 19.6. The van der Waals surface area contributed by atoms with Crippen LogP contribution in [0.4, 0.5) is 0 Å². The molecule has 2 atom stereocenters. The molecule has 4 nitrogen and oxygen atoms in total. The van der Waals surface area contributed by atoms with Crippen LogP contribution in [0.1, 0.15) is 489 Å². The molecule has 0 aromatic carbocycles. The van der Waals surface area contributed by atoms with Gasteiger partial charge in [-0.25, -0.2) is 0 Å². The van der Waals surface area contributed by atoms with Gasteiger partial charge in [-0.3, -0.25) is 4.79 Å². The molecule has 1 amide bonds. The molecule has 0 aliphatic carbocycles. The molecule has 2 unspecified atom stereocenters. The van der Waals surface area contributed by atoms with Crippen molar-refractivity contribution in [2.75, 3.05) is 6.61 Å². The van der Waals surface area contributed by atoms with Gasteiger partial charge in [-0.1, -0.05) is 470 Å². The fraction of sp³-hybridized carbons (Fsp3) is 0.988. The topological polar surface area (TPSA) is 69.6 Å². The highest BCUT2D eigenvalue weighted by Crippen LogP contribution is 2.21. The van der Waals surface area contributed by atoms with Gasteiger partial charge < -0.3 is 15.5 Å². The van der Waals surface area contributed by atoms with E-state index >= 15 is 0 Å². The van der Waals surface area contributed by atoms with E-state index in [4.69, 9.17) is 0 Å². The van der Waals surface area contributed by atoms with Crippen LogP contribution in [0.5, 0.6) is 0 Å². The lowest BCUT2D eigenvalue weighted by Gasteiger charge is -2.22. The molecule has 0 heterocycles. The Balaban J connectivity index is 3.32. The van der Waals surface area contributed by atoms with E-state index in [-0.39, 0.29) is 12.5 Å². The zero-order valence-corrected chi connectivity index (χ0v) is 58.5. The molecule has 0 rings (SSSR count). The van der Waals surface area contributed by atoms with Crippen LogP contribution in [0.15, 0.2) is 0 Å². The highest BCUT2D eigenvalue weighted by atomic mass is 16.3. The summed E-state index contributed by atoms with van der Waals surface area (Å²) in [7, 11) is 0. The van der Waals surface area contributed by atoms with Gasteiger partial charge in [0.1, 0.15) is 0 Å². The molecule has 0 saturated carbocycles. The first-order chi connectivity index (χ1) is 41.7. The van der Waals surface area contributed by atoms with Gasteiger partial charge in [0.2, 0.25) is 5.91 Å². The zero-order chi connectivity index (χ0) is 60.5. The lowest BCUT2D eigenvalue weighted by molar-refractivity contribution is -0.123. The fourth-order valence-corrected chi connectivity index (χ4v) is 13.5. The number of hydrogen-bond donors (Lipinski definition) is 3. The van der Waals surface area contributed by atoms with Crippen LogP contribution in [0.2, 0.25) is 0 Å². The van der Waals surface area contributed by atoms with Crippen molar-refractivity contribution >= 4 is 5.91 Å². The summed E-state index contributed by atoms with van der Waals surface area (Å²) in [6, 6.07) is -0.534. The normalized spacial score (nSPS) is 12.5. The number of amides is 1. The van der Waals surface area contributed by atoms with Gasteiger partial charge in [0.15, 0.2) is 0 Å². The highest BCUT2D eigenvalue weighted by molar-refractivity contribution is 5.76. The summed E-state index contributed by atoms with van der Waals surface area (Å²) in [5.41, 5.74) is 0. The van der Waals surface area contributed by atoms with Crippen LogP contribution >= 0.6 is 0 Å². The quantitative estimate of drug-likeness (QED) is 0.0532. The molecule has 0 aromatic rings. The molecule has 3 N–H and O–H groups in total. The largest absolute Gasteiger partial charge is 0.394 e. The van der Waals surface area contributed by atoms with E-state index in [0.717, 1.165) is 25.7 Å². The highest BCUT2D eigenvalue weighted by Gasteiger charge is 2.20. The number of rotatable bonds is 77. The Morgan fingerprint density at radius 3 is 0.536 bits per heavy atom. The summed E-state index contributed by atoms with van der Waals surface area (Å²) < 4.78 is 0. The molecule has 84 heavy (non-hydrogen) atoms. The van der Waals surface area contributed by atoms with E-state index in [9.17, 15) is 15.0 Å². The standard InChI is InChI=1S/C80H161NO3/c1-3-5-7-9-11-13-15-17-19-21-23-25-27-29-31-33-35-36-37-38-39-40-41-42-43-44-46-48-50-52-54-56-58-60-62-64-66-68-70-72-74-76-80(84)81-78(77-82)79(83)75-73-71-69-67-65-63-61-59-57-55-53-51-49-47-45-34-32-30-28-26-24-22-20-18-16-14-12-10-8-6-4-2/h78-79,82-83H,3-77H2,1-2H3,(H,81,84). The summed E-state index contributed by atoms with van der Waals surface area (Å²) in [4.78, 5) is 12.6. The number of aliphatic hydroxyl groups excluding tert-OH is 2. The molecule has 0 spiro atoms. The average molecular weight is 1190 g/mol. The lowest BCUT2D eigenvalue weighted by Crippen LogP contribution is -2.45. The fourth-order valence-electron chi connectivity index (χ4n) is 13.5. The van der Waals surface area contributed by atoms with Crippen molar-refractivity contribution in [3.63, 3.8) is 0 Å². The Bertz CT molecular complexity index is 1160. The minimum atomic E-state index is -0.657. The summed E-state index contributed by atoms with van der Waals surface area (Å²) in [5, 5.41) is 23.5. The third kappa shape index (κ3) is 72.1. The number of carbonyl (C=O) groups excluding carboxylic acids is 1. The van der Waals surface area contributed by atoms with E-state index < -0.39 is 12.1 Å². The van der Waals surface area contributed by atoms with Crippen molar-refractivity contribution in [3.05, 3.63) is 0 Å². The maximum atomic E-state index is 12.6. The van der Waals surface area contributed by atoms with Gasteiger partial charge in [-0.2, -0.15) is 0 Å². The molecule has 0 fully saturated rings. The Morgan fingerprint density at radius 1 is 0.238 bits per heavy atom. The molecule has 4 heteroatoms. The number of nitrogens with one attached hydrogen (secondary N) is 1. The first kappa shape index (κ1) is 83.4. The van der Waals surface area contributed by atoms with Crippen molar-refractivity contribution in [1.82, 2.24) is 5.32 Å². The number of unbranched alkanes of at least 4 members (excludes halogenated alkanes) is 70.